The molecule has 1 spiro atoms. The first-order chi connectivity index (χ1) is 3.91. The van der Waals surface area contributed by atoms with Gasteiger partial charge in [-0.3, -0.25) is 0 Å². The molecular formula is C7H16NP. The van der Waals surface area contributed by atoms with E-state index in [1.54, 1.807) is 0 Å². The van der Waals surface area contributed by atoms with Gasteiger partial charge in [0.1, 0.15) is 0 Å². The van der Waals surface area contributed by atoms with Gasteiger partial charge in [-0.05, 0) is 44.2 Å². The lowest BCUT2D eigenvalue weighted by atomic mass is 9.95. The molecule has 0 bridgehead atoms. The molecule has 0 aromatic carbocycles. The van der Waals surface area contributed by atoms with Crippen LogP contribution in [0.3, 0.4) is 0 Å². The lowest BCUT2D eigenvalue weighted by Crippen LogP contribution is -2.28. The minimum absolute atomic E-state index is 0. The highest BCUT2D eigenvalue weighted by molar-refractivity contribution is 6.92. The van der Waals surface area contributed by atoms with Crippen LogP contribution in [0.1, 0.15) is 25.7 Å². The summed E-state index contributed by atoms with van der Waals surface area (Å²) in [6.07, 6.45) is 5.95. The van der Waals surface area contributed by atoms with E-state index in [1.807, 2.05) is 0 Å². The third-order valence-electron chi connectivity index (χ3n) is 2.62. The minimum atomic E-state index is 0. The van der Waals surface area contributed by atoms with Crippen LogP contribution in [-0.4, -0.2) is 13.1 Å². The molecular weight excluding hydrogens is 129 g/mol. The molecule has 1 heterocycles. The molecule has 1 aliphatic heterocycles. The summed E-state index contributed by atoms with van der Waals surface area (Å²) in [6, 6.07) is 0. The molecule has 54 valence electrons. The Morgan fingerprint density at radius 3 is 1.78 bits per heavy atom. The molecule has 2 aliphatic rings. The number of hydrogen-bond donors (Lipinski definition) is 1. The number of piperidine rings is 1. The van der Waals surface area contributed by atoms with Gasteiger partial charge in [0.25, 0.3) is 0 Å². The van der Waals surface area contributed by atoms with E-state index < -0.39 is 0 Å². The second-order valence-corrected chi connectivity index (χ2v) is 3.25. The highest BCUT2D eigenvalue weighted by atomic mass is 31.0. The van der Waals surface area contributed by atoms with Crippen LogP contribution < -0.4 is 5.32 Å². The van der Waals surface area contributed by atoms with E-state index in [2.05, 4.69) is 5.32 Å². The molecule has 1 saturated heterocycles. The zero-order valence-electron chi connectivity index (χ0n) is 5.95. The summed E-state index contributed by atoms with van der Waals surface area (Å²) in [5, 5.41) is 3.38. The van der Waals surface area contributed by atoms with Crippen LogP contribution in [0.4, 0.5) is 0 Å². The molecule has 0 amide bonds. The van der Waals surface area contributed by atoms with Gasteiger partial charge < -0.3 is 5.32 Å². The number of rotatable bonds is 0. The van der Waals surface area contributed by atoms with Crippen molar-refractivity contribution in [3.05, 3.63) is 0 Å². The van der Waals surface area contributed by atoms with E-state index in [0.29, 0.717) is 0 Å². The fourth-order valence-electron chi connectivity index (χ4n) is 1.63. The van der Waals surface area contributed by atoms with Crippen molar-refractivity contribution in [2.24, 2.45) is 5.41 Å². The predicted octanol–water partition coefficient (Wildman–Crippen LogP) is 1.21. The minimum Gasteiger partial charge on any atom is -0.317 e. The molecule has 1 saturated carbocycles. The normalized spacial score (nSPS) is 29.3. The average Bonchev–Trinajstić information content (AvgIpc) is 2.52. The van der Waals surface area contributed by atoms with Crippen molar-refractivity contribution in [2.75, 3.05) is 13.1 Å². The van der Waals surface area contributed by atoms with Crippen molar-refractivity contribution in [2.45, 2.75) is 25.7 Å². The second kappa shape index (κ2) is 2.56. The van der Waals surface area contributed by atoms with Crippen LogP contribution in [0.15, 0.2) is 0 Å². The van der Waals surface area contributed by atoms with Crippen molar-refractivity contribution in [3.63, 3.8) is 0 Å². The summed E-state index contributed by atoms with van der Waals surface area (Å²) in [5.41, 5.74) is 0.866. The SMILES string of the molecule is C1CC2(CCN1)CC2.P. The Labute approximate surface area is 60.2 Å². The van der Waals surface area contributed by atoms with Crippen LogP contribution >= 0.6 is 9.90 Å². The smallest absolute Gasteiger partial charge is 0.00436 e. The molecule has 0 radical (unpaired) electrons. The summed E-state index contributed by atoms with van der Waals surface area (Å²) >= 11 is 0. The van der Waals surface area contributed by atoms with E-state index in [9.17, 15) is 0 Å². The van der Waals surface area contributed by atoms with Gasteiger partial charge in [-0.2, -0.15) is 9.90 Å². The van der Waals surface area contributed by atoms with Crippen molar-refractivity contribution in [3.8, 4) is 0 Å². The molecule has 9 heavy (non-hydrogen) atoms. The fraction of sp³-hybridized carbons (Fsp3) is 1.00. The maximum atomic E-state index is 3.38. The second-order valence-electron chi connectivity index (χ2n) is 3.25. The van der Waals surface area contributed by atoms with Crippen LogP contribution in [0.5, 0.6) is 0 Å². The quantitative estimate of drug-likeness (QED) is 0.505. The topological polar surface area (TPSA) is 12.0 Å². The van der Waals surface area contributed by atoms with Gasteiger partial charge >= 0.3 is 0 Å². The Balaban J connectivity index is 0.000000405. The molecule has 2 heteroatoms. The van der Waals surface area contributed by atoms with Gasteiger partial charge in [-0.1, -0.05) is 0 Å². The molecule has 2 fully saturated rings. The van der Waals surface area contributed by atoms with Crippen LogP contribution in [-0.2, 0) is 0 Å². The lowest BCUT2D eigenvalue weighted by Gasteiger charge is -2.20. The molecule has 0 aromatic rings. The van der Waals surface area contributed by atoms with E-state index in [0.717, 1.165) is 5.41 Å². The van der Waals surface area contributed by atoms with Gasteiger partial charge in [-0.15, -0.1) is 0 Å². The summed E-state index contributed by atoms with van der Waals surface area (Å²) in [4.78, 5) is 0. The lowest BCUT2D eigenvalue weighted by molar-refractivity contribution is 0.353. The first-order valence-corrected chi connectivity index (χ1v) is 3.62. The standard InChI is InChI=1S/C7H13N.H3P/c1-2-7(1)3-5-8-6-4-7;/h8H,1-6H2;1H3. The first-order valence-electron chi connectivity index (χ1n) is 3.62. The van der Waals surface area contributed by atoms with Gasteiger partial charge in [0.15, 0.2) is 0 Å². The first kappa shape index (κ1) is 7.50. The van der Waals surface area contributed by atoms with Gasteiger partial charge in [0.2, 0.25) is 0 Å². The van der Waals surface area contributed by atoms with Crippen molar-refractivity contribution >= 4 is 9.90 Å². The Bertz CT molecular complexity index is 91.1. The predicted molar refractivity (Wildman–Crippen MR) is 44.9 cm³/mol. The molecule has 1 nitrogen and oxygen atoms in total. The Kier molecular flexibility index (Phi) is 2.13. The Morgan fingerprint density at radius 1 is 0.889 bits per heavy atom. The summed E-state index contributed by atoms with van der Waals surface area (Å²) in [6.45, 7) is 2.56. The van der Waals surface area contributed by atoms with Crippen molar-refractivity contribution < 1.29 is 0 Å². The van der Waals surface area contributed by atoms with Gasteiger partial charge in [0.05, 0.1) is 0 Å². The number of nitrogens with one attached hydrogen (secondary N) is 1. The van der Waals surface area contributed by atoms with Crippen molar-refractivity contribution in [1.29, 1.82) is 0 Å². The van der Waals surface area contributed by atoms with Crippen LogP contribution in [0.2, 0.25) is 0 Å². The Hall–Kier alpha value is 0.390. The third kappa shape index (κ3) is 1.45. The Morgan fingerprint density at radius 2 is 1.44 bits per heavy atom. The van der Waals surface area contributed by atoms with Gasteiger partial charge in [-0.25, -0.2) is 0 Å². The highest BCUT2D eigenvalue weighted by Crippen LogP contribution is 2.52. The van der Waals surface area contributed by atoms with Crippen LogP contribution in [0.25, 0.3) is 0 Å². The van der Waals surface area contributed by atoms with E-state index in [-0.39, 0.29) is 9.90 Å². The third-order valence-corrected chi connectivity index (χ3v) is 2.62. The largest absolute Gasteiger partial charge is 0.317 e. The van der Waals surface area contributed by atoms with E-state index >= 15 is 0 Å². The average molecular weight is 145 g/mol. The van der Waals surface area contributed by atoms with E-state index in [4.69, 9.17) is 0 Å². The molecule has 1 N–H and O–H groups in total. The summed E-state index contributed by atoms with van der Waals surface area (Å²) in [5.74, 6) is 0. The van der Waals surface area contributed by atoms with Gasteiger partial charge in [0, 0.05) is 0 Å². The fourth-order valence-corrected chi connectivity index (χ4v) is 1.63. The molecule has 1 unspecified atom stereocenters. The van der Waals surface area contributed by atoms with Crippen LogP contribution in [0, 0.1) is 5.41 Å². The summed E-state index contributed by atoms with van der Waals surface area (Å²) < 4.78 is 0. The highest BCUT2D eigenvalue weighted by Gasteiger charge is 2.42. The maximum absolute atomic E-state index is 3.38. The van der Waals surface area contributed by atoms with Crippen molar-refractivity contribution in [1.82, 2.24) is 5.32 Å². The van der Waals surface area contributed by atoms with E-state index in [1.165, 1.54) is 38.8 Å². The molecule has 1 atom stereocenters. The zero-order chi connectivity index (χ0) is 5.45. The zero-order valence-corrected chi connectivity index (χ0v) is 7.36. The molecule has 0 aromatic heterocycles. The molecule has 2 rings (SSSR count). The summed E-state index contributed by atoms with van der Waals surface area (Å²) in [7, 11) is 0. The maximum Gasteiger partial charge on any atom is -0.00436 e. The number of hydrogen-bond acceptors (Lipinski definition) is 1. The molecule has 1 aliphatic carbocycles. The monoisotopic (exact) mass is 145 g/mol.